The summed E-state index contributed by atoms with van der Waals surface area (Å²) in [5.41, 5.74) is 2.30. The van der Waals surface area contributed by atoms with E-state index in [2.05, 4.69) is 19.9 Å². The predicted octanol–water partition coefficient (Wildman–Crippen LogP) is 4.68. The van der Waals surface area contributed by atoms with Gasteiger partial charge in [0.25, 0.3) is 0 Å². The minimum Gasteiger partial charge on any atom is -0.359 e. The Morgan fingerprint density at radius 2 is 1.89 bits per heavy atom. The van der Waals surface area contributed by atoms with Gasteiger partial charge < -0.3 is 18.9 Å². The molecule has 3 saturated carbocycles. The third-order valence-corrected chi connectivity index (χ3v) is 9.20. The van der Waals surface area contributed by atoms with Gasteiger partial charge in [0.15, 0.2) is 5.79 Å². The summed E-state index contributed by atoms with van der Waals surface area (Å²) in [5.74, 6) is 1.90. The molecule has 0 bridgehead atoms. The van der Waals surface area contributed by atoms with Gasteiger partial charge in [-0.15, -0.1) is 0 Å². The number of allylic oxidation sites excluding steroid dienone is 2. The molecule has 0 unspecified atom stereocenters. The predicted molar refractivity (Wildman–Crippen MR) is 103 cm³/mol. The summed E-state index contributed by atoms with van der Waals surface area (Å²) in [6.45, 7) is 6.98. The number of fused-ring (bicyclic) bond motifs is 6. The molecular formula is C23H36O4. The topological polar surface area (TPSA) is 36.9 Å². The highest BCUT2D eigenvalue weighted by Crippen LogP contribution is 2.67. The van der Waals surface area contributed by atoms with Gasteiger partial charge in [-0.05, 0) is 68.1 Å². The number of ether oxygens (including phenoxy) is 4. The van der Waals surface area contributed by atoms with Crippen LogP contribution in [0.3, 0.4) is 0 Å². The monoisotopic (exact) mass is 376 g/mol. The Labute approximate surface area is 164 Å². The molecule has 152 valence electrons. The van der Waals surface area contributed by atoms with Crippen molar-refractivity contribution in [3.05, 3.63) is 11.6 Å². The smallest absolute Gasteiger partial charge is 0.174 e. The maximum Gasteiger partial charge on any atom is 0.174 e. The molecule has 0 aromatic carbocycles. The van der Waals surface area contributed by atoms with Crippen LogP contribution in [-0.4, -0.2) is 39.0 Å². The molecule has 0 aromatic heterocycles. The van der Waals surface area contributed by atoms with Crippen molar-refractivity contribution < 1.29 is 18.9 Å². The fourth-order valence-corrected chi connectivity index (χ4v) is 7.69. The number of hydrogen-bond donors (Lipinski definition) is 0. The second-order valence-electron chi connectivity index (χ2n) is 10.1. The lowest BCUT2D eigenvalue weighted by Crippen LogP contribution is -2.53. The minimum absolute atomic E-state index is 0.152. The van der Waals surface area contributed by atoms with Gasteiger partial charge in [0, 0.05) is 18.9 Å². The van der Waals surface area contributed by atoms with E-state index in [9.17, 15) is 0 Å². The van der Waals surface area contributed by atoms with Crippen LogP contribution in [0.5, 0.6) is 0 Å². The Bertz CT molecular complexity index is 609. The van der Waals surface area contributed by atoms with Crippen LogP contribution in [0.25, 0.3) is 0 Å². The second kappa shape index (κ2) is 6.55. The minimum atomic E-state index is -0.302. The highest BCUT2D eigenvalue weighted by molar-refractivity contribution is 5.30. The maximum absolute atomic E-state index is 6.26. The molecule has 1 aliphatic heterocycles. The standard InChI is InChI=1S/C23H36O4/c1-21-9-6-17(25-15-24-3)14-16(21)4-5-18-19(21)7-10-22(2)20(18)8-11-23(22)26-12-13-27-23/h7,16-18,20H,4-6,8-15H2,1-3H3/t16-,17+,18+,20-,21-,22-/m1/s1. The first-order chi connectivity index (χ1) is 13.0. The Morgan fingerprint density at radius 3 is 2.67 bits per heavy atom. The van der Waals surface area contributed by atoms with Crippen LogP contribution in [0.2, 0.25) is 0 Å². The van der Waals surface area contributed by atoms with Gasteiger partial charge >= 0.3 is 0 Å². The molecule has 4 aliphatic carbocycles. The van der Waals surface area contributed by atoms with E-state index < -0.39 is 0 Å². The zero-order chi connectivity index (χ0) is 18.7. The van der Waals surface area contributed by atoms with Crippen LogP contribution in [-0.2, 0) is 18.9 Å². The van der Waals surface area contributed by atoms with Gasteiger partial charge in [-0.3, -0.25) is 0 Å². The van der Waals surface area contributed by atoms with E-state index in [0.29, 0.717) is 18.3 Å². The molecule has 0 radical (unpaired) electrons. The van der Waals surface area contributed by atoms with Crippen molar-refractivity contribution in [1.82, 2.24) is 0 Å². The van der Waals surface area contributed by atoms with Crippen molar-refractivity contribution in [3.8, 4) is 0 Å². The average Bonchev–Trinajstić information content (AvgIpc) is 3.26. The summed E-state index contributed by atoms with van der Waals surface area (Å²) >= 11 is 0. The molecule has 0 N–H and O–H groups in total. The number of hydrogen-bond acceptors (Lipinski definition) is 4. The van der Waals surface area contributed by atoms with E-state index in [-0.39, 0.29) is 11.2 Å². The van der Waals surface area contributed by atoms with Crippen molar-refractivity contribution in [1.29, 1.82) is 0 Å². The Kier molecular flexibility index (Phi) is 4.51. The fourth-order valence-electron chi connectivity index (χ4n) is 7.69. The number of rotatable bonds is 3. The van der Waals surface area contributed by atoms with Gasteiger partial charge in [-0.1, -0.05) is 25.5 Å². The molecule has 4 nitrogen and oxygen atoms in total. The zero-order valence-electron chi connectivity index (χ0n) is 17.3. The van der Waals surface area contributed by atoms with Gasteiger partial charge in [0.05, 0.1) is 19.3 Å². The van der Waals surface area contributed by atoms with Crippen molar-refractivity contribution in [3.63, 3.8) is 0 Å². The first-order valence-corrected chi connectivity index (χ1v) is 11.1. The van der Waals surface area contributed by atoms with E-state index in [1.807, 2.05) is 0 Å². The summed E-state index contributed by atoms with van der Waals surface area (Å²) < 4.78 is 23.6. The molecule has 1 saturated heterocycles. The normalized spacial score (nSPS) is 48.0. The van der Waals surface area contributed by atoms with Crippen LogP contribution < -0.4 is 0 Å². The lowest BCUT2D eigenvalue weighted by Gasteiger charge is -2.57. The molecule has 5 aliphatic rings. The molecular weight excluding hydrogens is 340 g/mol. The summed E-state index contributed by atoms with van der Waals surface area (Å²) in [7, 11) is 1.72. The second-order valence-corrected chi connectivity index (χ2v) is 10.1. The Hall–Kier alpha value is -0.420. The van der Waals surface area contributed by atoms with Crippen molar-refractivity contribution in [2.45, 2.75) is 77.1 Å². The van der Waals surface area contributed by atoms with Gasteiger partial charge in [0.1, 0.15) is 6.79 Å². The highest BCUT2D eigenvalue weighted by atomic mass is 16.7. The van der Waals surface area contributed by atoms with Crippen LogP contribution in [0.15, 0.2) is 11.6 Å². The van der Waals surface area contributed by atoms with Crippen molar-refractivity contribution in [2.75, 3.05) is 27.1 Å². The lowest BCUT2D eigenvalue weighted by molar-refractivity contribution is -0.229. The van der Waals surface area contributed by atoms with Crippen LogP contribution in [0.1, 0.15) is 65.2 Å². The molecule has 4 fully saturated rings. The summed E-state index contributed by atoms with van der Waals surface area (Å²) in [6.07, 6.45) is 12.8. The maximum atomic E-state index is 6.26. The zero-order valence-corrected chi connectivity index (χ0v) is 17.3. The molecule has 0 amide bonds. The van der Waals surface area contributed by atoms with E-state index in [1.54, 1.807) is 12.7 Å². The Morgan fingerprint density at radius 1 is 1.07 bits per heavy atom. The van der Waals surface area contributed by atoms with Gasteiger partial charge in [-0.25, -0.2) is 0 Å². The van der Waals surface area contributed by atoms with Crippen molar-refractivity contribution >= 4 is 0 Å². The summed E-state index contributed by atoms with van der Waals surface area (Å²) in [4.78, 5) is 0. The number of methoxy groups -OCH3 is 1. The average molecular weight is 377 g/mol. The molecule has 1 spiro atoms. The first kappa shape index (κ1) is 18.6. The largest absolute Gasteiger partial charge is 0.359 e. The van der Waals surface area contributed by atoms with E-state index in [1.165, 1.54) is 38.5 Å². The van der Waals surface area contributed by atoms with Crippen LogP contribution in [0.4, 0.5) is 0 Å². The quantitative estimate of drug-likeness (QED) is 0.529. The lowest BCUT2D eigenvalue weighted by atomic mass is 9.49. The van der Waals surface area contributed by atoms with Crippen LogP contribution >= 0.6 is 0 Å². The van der Waals surface area contributed by atoms with Gasteiger partial charge in [0.2, 0.25) is 0 Å². The first-order valence-electron chi connectivity index (χ1n) is 11.1. The van der Waals surface area contributed by atoms with Gasteiger partial charge in [-0.2, -0.15) is 0 Å². The SMILES string of the molecule is COCO[C@H]1CC[C@@]2(C)C3=CC[C@]4(C)[C@H](CCC45OCCO5)[C@H]3CC[C@@H]2C1. The molecule has 1 heterocycles. The molecule has 6 atom stereocenters. The van der Waals surface area contributed by atoms with Crippen LogP contribution in [0, 0.1) is 28.6 Å². The third kappa shape index (κ3) is 2.56. The molecule has 0 aromatic rings. The third-order valence-electron chi connectivity index (χ3n) is 9.20. The molecule has 4 heteroatoms. The summed E-state index contributed by atoms with van der Waals surface area (Å²) in [5, 5.41) is 0. The highest BCUT2D eigenvalue weighted by Gasteiger charge is 2.65. The summed E-state index contributed by atoms with van der Waals surface area (Å²) in [6, 6.07) is 0. The van der Waals surface area contributed by atoms with E-state index in [4.69, 9.17) is 18.9 Å². The van der Waals surface area contributed by atoms with E-state index >= 15 is 0 Å². The molecule has 5 rings (SSSR count). The van der Waals surface area contributed by atoms with E-state index in [0.717, 1.165) is 43.8 Å². The molecule has 27 heavy (non-hydrogen) atoms. The fraction of sp³-hybridized carbons (Fsp3) is 0.913. The Balaban J connectivity index is 1.40. The van der Waals surface area contributed by atoms with Crippen molar-refractivity contribution in [2.24, 2.45) is 28.6 Å².